The Labute approximate surface area is 216 Å². The molecule has 2 heterocycles. The van der Waals surface area contributed by atoms with Crippen LogP contribution in [0, 0.1) is 25.5 Å². The van der Waals surface area contributed by atoms with Crippen molar-refractivity contribution in [3.63, 3.8) is 0 Å². The number of fused-ring (bicyclic) bond motifs is 1. The molecular formula is C26H22F2N6O3S. The summed E-state index contributed by atoms with van der Waals surface area (Å²) in [5, 5.41) is 8.55. The molecule has 5 aromatic rings. The summed E-state index contributed by atoms with van der Waals surface area (Å²) in [5.41, 5.74) is 2.95. The second kappa shape index (κ2) is 9.88. The van der Waals surface area contributed by atoms with E-state index in [1.165, 1.54) is 10.9 Å². The molecule has 2 aromatic heterocycles. The van der Waals surface area contributed by atoms with Gasteiger partial charge < -0.3 is 0 Å². The SMILES string of the molecule is Cc1ccccc1-n1c(Cn2cc(CNS(=O)(=O)c3ccc(F)cc3F)nn2)nc2cccc(C)c2c1=O. The Balaban J connectivity index is 1.47. The van der Waals surface area contributed by atoms with Crippen molar-refractivity contribution in [3.05, 3.63) is 111 Å². The molecule has 9 nitrogen and oxygen atoms in total. The molecule has 1 N–H and O–H groups in total. The third-order valence-electron chi connectivity index (χ3n) is 6.05. The summed E-state index contributed by atoms with van der Waals surface area (Å²) in [6, 6.07) is 15.1. The highest BCUT2D eigenvalue weighted by molar-refractivity contribution is 7.89. The van der Waals surface area contributed by atoms with Gasteiger partial charge in [0.2, 0.25) is 10.0 Å². The van der Waals surface area contributed by atoms with Crippen molar-refractivity contribution in [2.75, 3.05) is 0 Å². The van der Waals surface area contributed by atoms with E-state index in [9.17, 15) is 22.0 Å². The smallest absolute Gasteiger partial charge is 0.266 e. The number of aryl methyl sites for hydroxylation is 2. The second-order valence-corrected chi connectivity index (χ2v) is 10.5. The summed E-state index contributed by atoms with van der Waals surface area (Å²) in [7, 11) is -4.26. The van der Waals surface area contributed by atoms with Gasteiger partial charge in [-0.05, 0) is 49.2 Å². The minimum atomic E-state index is -4.26. The number of halogens is 2. The Morgan fingerprint density at radius 1 is 0.974 bits per heavy atom. The van der Waals surface area contributed by atoms with Gasteiger partial charge in [0.05, 0.1) is 35.0 Å². The predicted molar refractivity (Wildman–Crippen MR) is 136 cm³/mol. The maximum absolute atomic E-state index is 14.0. The minimum absolute atomic E-state index is 0.0692. The van der Waals surface area contributed by atoms with E-state index in [4.69, 9.17) is 4.98 Å². The fraction of sp³-hybridized carbons (Fsp3) is 0.154. The molecule has 0 aliphatic carbocycles. The molecule has 194 valence electrons. The van der Waals surface area contributed by atoms with Gasteiger partial charge in [0, 0.05) is 6.07 Å². The molecule has 0 radical (unpaired) electrons. The summed E-state index contributed by atoms with van der Waals surface area (Å²) < 4.78 is 57.3. The fourth-order valence-electron chi connectivity index (χ4n) is 4.19. The largest absolute Gasteiger partial charge is 0.268 e. The first-order valence-electron chi connectivity index (χ1n) is 11.5. The molecule has 38 heavy (non-hydrogen) atoms. The highest BCUT2D eigenvalue weighted by atomic mass is 32.2. The van der Waals surface area contributed by atoms with E-state index in [-0.39, 0.29) is 24.3 Å². The van der Waals surface area contributed by atoms with Crippen LogP contribution in [0.15, 0.2) is 76.6 Å². The topological polar surface area (TPSA) is 112 Å². The molecular weight excluding hydrogens is 514 g/mol. The third kappa shape index (κ3) is 4.83. The summed E-state index contributed by atoms with van der Waals surface area (Å²) >= 11 is 0. The van der Waals surface area contributed by atoms with Crippen LogP contribution in [-0.2, 0) is 23.1 Å². The molecule has 0 saturated heterocycles. The number of benzene rings is 3. The molecule has 0 atom stereocenters. The quantitative estimate of drug-likeness (QED) is 0.341. The maximum atomic E-state index is 14.0. The number of aromatic nitrogens is 5. The Bertz CT molecular complexity index is 1850. The highest BCUT2D eigenvalue weighted by Crippen LogP contribution is 2.19. The Morgan fingerprint density at radius 3 is 2.50 bits per heavy atom. The molecule has 12 heteroatoms. The zero-order valence-corrected chi connectivity index (χ0v) is 21.2. The number of rotatable bonds is 7. The van der Waals surface area contributed by atoms with Crippen molar-refractivity contribution in [2.24, 2.45) is 0 Å². The lowest BCUT2D eigenvalue weighted by molar-refractivity contribution is 0.542. The van der Waals surface area contributed by atoms with Crippen molar-refractivity contribution in [2.45, 2.75) is 31.8 Å². The molecule has 0 aliphatic rings. The van der Waals surface area contributed by atoms with Crippen molar-refractivity contribution in [3.8, 4) is 5.69 Å². The Kier molecular flexibility index (Phi) is 6.59. The van der Waals surface area contributed by atoms with E-state index in [2.05, 4.69) is 15.0 Å². The van der Waals surface area contributed by atoms with E-state index in [1.54, 1.807) is 10.6 Å². The van der Waals surface area contributed by atoms with Crippen LogP contribution in [-0.4, -0.2) is 33.0 Å². The van der Waals surface area contributed by atoms with Gasteiger partial charge in [0.25, 0.3) is 5.56 Å². The van der Waals surface area contributed by atoms with Gasteiger partial charge in [-0.2, -0.15) is 0 Å². The standard InChI is InChI=1S/C26H22F2N6O3S/c1-16-6-3-4-9-22(16)34-24(30-21-8-5-7-17(2)25(21)26(34)35)15-33-14-19(31-32-33)13-29-38(36,37)23-11-10-18(27)12-20(23)28/h3-12,14,29H,13,15H2,1-2H3. The maximum Gasteiger partial charge on any atom is 0.266 e. The monoisotopic (exact) mass is 536 g/mol. The second-order valence-electron chi connectivity index (χ2n) is 8.73. The van der Waals surface area contributed by atoms with E-state index < -0.39 is 26.6 Å². The molecule has 0 amide bonds. The lowest BCUT2D eigenvalue weighted by atomic mass is 10.1. The number of para-hydroxylation sites is 1. The van der Waals surface area contributed by atoms with Crippen molar-refractivity contribution >= 4 is 20.9 Å². The highest BCUT2D eigenvalue weighted by Gasteiger charge is 2.21. The van der Waals surface area contributed by atoms with Crippen LogP contribution in [0.5, 0.6) is 0 Å². The first-order chi connectivity index (χ1) is 18.1. The van der Waals surface area contributed by atoms with Gasteiger partial charge in [-0.25, -0.2) is 31.6 Å². The van der Waals surface area contributed by atoms with Gasteiger partial charge >= 0.3 is 0 Å². The zero-order chi connectivity index (χ0) is 27.0. The molecule has 5 rings (SSSR count). The van der Waals surface area contributed by atoms with Crippen LogP contribution < -0.4 is 10.3 Å². The minimum Gasteiger partial charge on any atom is -0.268 e. The van der Waals surface area contributed by atoms with Crippen LogP contribution in [0.4, 0.5) is 8.78 Å². The predicted octanol–water partition coefficient (Wildman–Crippen LogP) is 3.40. The zero-order valence-electron chi connectivity index (χ0n) is 20.4. The Morgan fingerprint density at radius 2 is 1.74 bits per heavy atom. The summed E-state index contributed by atoms with van der Waals surface area (Å²) in [5.74, 6) is -1.67. The summed E-state index contributed by atoms with van der Waals surface area (Å²) in [6.45, 7) is 3.54. The summed E-state index contributed by atoms with van der Waals surface area (Å²) in [4.78, 5) is 17.7. The van der Waals surface area contributed by atoms with Crippen LogP contribution >= 0.6 is 0 Å². The van der Waals surface area contributed by atoms with E-state index in [0.717, 1.165) is 23.3 Å². The van der Waals surface area contributed by atoms with Crippen LogP contribution in [0.3, 0.4) is 0 Å². The molecule has 0 spiro atoms. The van der Waals surface area contributed by atoms with E-state index in [1.807, 2.05) is 50.2 Å². The molecule has 0 saturated carbocycles. The normalized spacial score (nSPS) is 11.8. The number of nitrogens with zero attached hydrogens (tertiary/aromatic N) is 5. The molecule has 0 aliphatic heterocycles. The lowest BCUT2D eigenvalue weighted by Gasteiger charge is -2.16. The molecule has 3 aromatic carbocycles. The molecule has 0 bridgehead atoms. The Hall–Kier alpha value is -4.29. The van der Waals surface area contributed by atoms with Gasteiger partial charge in [-0.3, -0.25) is 9.36 Å². The average Bonchev–Trinajstić information content (AvgIpc) is 3.31. The number of hydrogen-bond acceptors (Lipinski definition) is 6. The first kappa shape index (κ1) is 25.4. The molecule has 0 fully saturated rings. The van der Waals surface area contributed by atoms with E-state index >= 15 is 0 Å². The van der Waals surface area contributed by atoms with Crippen molar-refractivity contribution < 1.29 is 17.2 Å². The van der Waals surface area contributed by atoms with Gasteiger partial charge in [0.1, 0.15) is 28.9 Å². The number of hydrogen-bond donors (Lipinski definition) is 1. The van der Waals surface area contributed by atoms with Crippen LogP contribution in [0.25, 0.3) is 16.6 Å². The van der Waals surface area contributed by atoms with Crippen LogP contribution in [0.1, 0.15) is 22.6 Å². The number of sulfonamides is 1. The van der Waals surface area contributed by atoms with E-state index in [0.29, 0.717) is 28.5 Å². The van der Waals surface area contributed by atoms with Gasteiger partial charge in [-0.15, -0.1) is 5.10 Å². The van der Waals surface area contributed by atoms with Crippen LogP contribution in [0.2, 0.25) is 0 Å². The average molecular weight is 537 g/mol. The van der Waals surface area contributed by atoms with Gasteiger partial charge in [0.15, 0.2) is 0 Å². The van der Waals surface area contributed by atoms with Gasteiger partial charge in [-0.1, -0.05) is 35.5 Å². The molecule has 0 unspecified atom stereocenters. The van der Waals surface area contributed by atoms with Crippen molar-refractivity contribution in [1.82, 2.24) is 29.3 Å². The summed E-state index contributed by atoms with van der Waals surface area (Å²) in [6.07, 6.45) is 1.50. The van der Waals surface area contributed by atoms with Crippen molar-refractivity contribution in [1.29, 1.82) is 0 Å². The third-order valence-corrected chi connectivity index (χ3v) is 7.48. The first-order valence-corrected chi connectivity index (χ1v) is 13.0. The lowest BCUT2D eigenvalue weighted by Crippen LogP contribution is -2.26. The fourth-order valence-corrected chi connectivity index (χ4v) is 5.25. The number of nitrogens with one attached hydrogen (secondary N) is 1.